The van der Waals surface area contributed by atoms with E-state index in [0.29, 0.717) is 0 Å². The Morgan fingerprint density at radius 1 is 1.67 bits per heavy atom. The number of carbonyl (C=O) groups is 1. The Morgan fingerprint density at radius 2 is 2.22 bits per heavy atom. The largest absolute Gasteiger partial charge is 0.366 e. The lowest BCUT2D eigenvalue weighted by Gasteiger charge is -2.02. The van der Waals surface area contributed by atoms with Crippen LogP contribution in [0.15, 0.2) is 12.2 Å². The maximum Gasteiger partial charge on any atom is 0.241 e. The van der Waals surface area contributed by atoms with E-state index >= 15 is 0 Å². The molecule has 0 radical (unpaired) electrons. The molecule has 0 atom stereocenters. The van der Waals surface area contributed by atoms with E-state index < -0.39 is 5.91 Å². The first-order chi connectivity index (χ1) is 4.13. The molecule has 0 spiro atoms. The summed E-state index contributed by atoms with van der Waals surface area (Å²) >= 11 is 0. The first kappa shape index (κ1) is 8.17. The lowest BCUT2D eigenvalue weighted by atomic mass is 10.4. The first-order valence-corrected chi connectivity index (χ1v) is 2.73. The monoisotopic (exact) mass is 128 g/mol. The Bertz CT molecular complexity index is 118. The van der Waals surface area contributed by atoms with Crippen molar-refractivity contribution in [2.75, 3.05) is 20.6 Å². The second-order valence-corrected chi connectivity index (χ2v) is 2.07. The molecule has 0 unspecified atom stereocenters. The second-order valence-electron chi connectivity index (χ2n) is 2.07. The number of hydrogen-bond donors (Lipinski definition) is 1. The maximum absolute atomic E-state index is 10.1. The summed E-state index contributed by atoms with van der Waals surface area (Å²) in [5.41, 5.74) is 4.83. The van der Waals surface area contributed by atoms with Gasteiger partial charge in [-0.05, 0) is 20.2 Å². The highest BCUT2D eigenvalue weighted by Crippen LogP contribution is 1.75. The minimum absolute atomic E-state index is 0.392. The molecule has 0 bridgehead atoms. The predicted molar refractivity (Wildman–Crippen MR) is 36.9 cm³/mol. The van der Waals surface area contributed by atoms with Gasteiger partial charge < -0.3 is 10.6 Å². The van der Waals surface area contributed by atoms with Crippen LogP contribution in [0.25, 0.3) is 0 Å². The number of hydrogen-bond acceptors (Lipinski definition) is 2. The third-order valence-electron chi connectivity index (χ3n) is 0.753. The summed E-state index contributed by atoms with van der Waals surface area (Å²) in [5.74, 6) is -0.392. The van der Waals surface area contributed by atoms with Gasteiger partial charge in [-0.1, -0.05) is 6.08 Å². The highest BCUT2D eigenvalue weighted by atomic mass is 16.1. The smallest absolute Gasteiger partial charge is 0.241 e. The summed E-state index contributed by atoms with van der Waals surface area (Å²) in [6.07, 6.45) is 3.09. The van der Waals surface area contributed by atoms with Gasteiger partial charge in [-0.15, -0.1) is 0 Å². The van der Waals surface area contributed by atoms with Crippen molar-refractivity contribution in [3.05, 3.63) is 12.2 Å². The zero-order valence-electron chi connectivity index (χ0n) is 5.79. The number of amides is 1. The van der Waals surface area contributed by atoms with Crippen LogP contribution in [0.2, 0.25) is 0 Å². The molecule has 9 heavy (non-hydrogen) atoms. The molecule has 2 N–H and O–H groups in total. The summed E-state index contributed by atoms with van der Waals surface area (Å²) in [7, 11) is 3.84. The molecular weight excluding hydrogens is 116 g/mol. The number of primary amides is 1. The highest BCUT2D eigenvalue weighted by Gasteiger charge is 1.83. The van der Waals surface area contributed by atoms with Crippen LogP contribution in [0.1, 0.15) is 0 Å². The molecule has 0 saturated carbocycles. The van der Waals surface area contributed by atoms with Crippen LogP contribution in [-0.2, 0) is 4.79 Å². The van der Waals surface area contributed by atoms with Gasteiger partial charge in [0.1, 0.15) is 0 Å². The molecule has 0 aliphatic heterocycles. The molecule has 52 valence electrons. The maximum atomic E-state index is 10.1. The van der Waals surface area contributed by atoms with Gasteiger partial charge in [0.05, 0.1) is 0 Å². The normalized spacial score (nSPS) is 11.0. The molecule has 0 aromatic rings. The van der Waals surface area contributed by atoms with Gasteiger partial charge >= 0.3 is 0 Å². The Kier molecular flexibility index (Phi) is 3.71. The Hall–Kier alpha value is -0.830. The number of nitrogens with two attached hydrogens (primary N) is 1. The quantitative estimate of drug-likeness (QED) is 0.525. The molecule has 3 nitrogen and oxygen atoms in total. The molecule has 0 saturated heterocycles. The molecular formula is C6H12N2O. The molecule has 0 aliphatic rings. The summed E-state index contributed by atoms with van der Waals surface area (Å²) in [6.45, 7) is 0.753. The van der Waals surface area contributed by atoms with Crippen LogP contribution in [0.3, 0.4) is 0 Å². The van der Waals surface area contributed by atoms with Gasteiger partial charge in [0.25, 0.3) is 0 Å². The van der Waals surface area contributed by atoms with Crippen LogP contribution in [0.5, 0.6) is 0 Å². The summed E-state index contributed by atoms with van der Waals surface area (Å²) in [4.78, 5) is 12.0. The van der Waals surface area contributed by atoms with E-state index in [0.717, 1.165) is 6.54 Å². The fraction of sp³-hybridized carbons (Fsp3) is 0.500. The zero-order chi connectivity index (χ0) is 7.28. The van der Waals surface area contributed by atoms with Crippen LogP contribution in [0, 0.1) is 0 Å². The minimum Gasteiger partial charge on any atom is -0.366 e. The van der Waals surface area contributed by atoms with Crippen molar-refractivity contribution in [2.24, 2.45) is 5.73 Å². The second kappa shape index (κ2) is 4.09. The summed E-state index contributed by atoms with van der Waals surface area (Å²) < 4.78 is 0. The first-order valence-electron chi connectivity index (χ1n) is 2.73. The van der Waals surface area contributed by atoms with Crippen molar-refractivity contribution in [3.63, 3.8) is 0 Å². The van der Waals surface area contributed by atoms with Crippen molar-refractivity contribution < 1.29 is 4.79 Å². The molecule has 1 amide bonds. The Balaban J connectivity index is 3.36. The van der Waals surface area contributed by atoms with Gasteiger partial charge in [-0.3, -0.25) is 4.79 Å². The van der Waals surface area contributed by atoms with Crippen molar-refractivity contribution in [2.45, 2.75) is 0 Å². The SMILES string of the molecule is CN(C)C/C=C\C(N)=O. The number of rotatable bonds is 3. The van der Waals surface area contributed by atoms with Gasteiger partial charge in [0.2, 0.25) is 5.91 Å². The molecule has 0 aliphatic carbocycles. The molecule has 0 aromatic carbocycles. The average molecular weight is 128 g/mol. The molecule has 3 heteroatoms. The average Bonchev–Trinajstić information content (AvgIpc) is 1.63. The Labute approximate surface area is 55.1 Å². The van der Waals surface area contributed by atoms with E-state index in [1.165, 1.54) is 6.08 Å². The van der Waals surface area contributed by atoms with Gasteiger partial charge in [0.15, 0.2) is 0 Å². The zero-order valence-corrected chi connectivity index (χ0v) is 5.79. The van der Waals surface area contributed by atoms with E-state index in [1.807, 2.05) is 19.0 Å². The summed E-state index contributed by atoms with van der Waals surface area (Å²) in [5, 5.41) is 0. The van der Waals surface area contributed by atoms with Crippen molar-refractivity contribution in [1.82, 2.24) is 4.90 Å². The number of nitrogens with zero attached hydrogens (tertiary/aromatic N) is 1. The van der Waals surface area contributed by atoms with E-state index in [9.17, 15) is 4.79 Å². The van der Waals surface area contributed by atoms with Crippen molar-refractivity contribution >= 4 is 5.91 Å². The number of likely N-dealkylation sites (N-methyl/N-ethyl adjacent to an activating group) is 1. The van der Waals surface area contributed by atoms with Gasteiger partial charge in [-0.25, -0.2) is 0 Å². The van der Waals surface area contributed by atoms with Crippen molar-refractivity contribution in [1.29, 1.82) is 0 Å². The molecule has 0 rings (SSSR count). The van der Waals surface area contributed by atoms with E-state index in [1.54, 1.807) is 6.08 Å². The fourth-order valence-corrected chi connectivity index (χ4v) is 0.380. The van der Waals surface area contributed by atoms with E-state index in [4.69, 9.17) is 5.73 Å². The van der Waals surface area contributed by atoms with Gasteiger partial charge in [0, 0.05) is 6.54 Å². The third kappa shape index (κ3) is 7.17. The lowest BCUT2D eigenvalue weighted by Crippen LogP contribution is -2.12. The van der Waals surface area contributed by atoms with Crippen LogP contribution in [0.4, 0.5) is 0 Å². The molecule has 0 heterocycles. The van der Waals surface area contributed by atoms with Crippen LogP contribution in [-0.4, -0.2) is 31.4 Å². The summed E-state index contributed by atoms with van der Waals surface area (Å²) in [6, 6.07) is 0. The predicted octanol–water partition coefficient (Wildman–Crippen LogP) is -0.410. The molecule has 0 fully saturated rings. The van der Waals surface area contributed by atoms with E-state index in [2.05, 4.69) is 0 Å². The fourth-order valence-electron chi connectivity index (χ4n) is 0.380. The molecule has 0 aromatic heterocycles. The number of carbonyl (C=O) groups excluding carboxylic acids is 1. The third-order valence-corrected chi connectivity index (χ3v) is 0.753. The van der Waals surface area contributed by atoms with E-state index in [-0.39, 0.29) is 0 Å². The standard InChI is InChI=1S/C6H12N2O/c1-8(2)5-3-4-6(7)9/h3-4H,5H2,1-2H3,(H2,7,9)/b4-3-. The van der Waals surface area contributed by atoms with Crippen LogP contribution >= 0.6 is 0 Å². The van der Waals surface area contributed by atoms with Gasteiger partial charge in [-0.2, -0.15) is 0 Å². The Morgan fingerprint density at radius 3 is 2.56 bits per heavy atom. The van der Waals surface area contributed by atoms with Crippen LogP contribution < -0.4 is 5.73 Å². The lowest BCUT2D eigenvalue weighted by molar-refractivity contribution is -0.113. The van der Waals surface area contributed by atoms with Crippen molar-refractivity contribution in [3.8, 4) is 0 Å². The highest BCUT2D eigenvalue weighted by molar-refractivity contribution is 5.85. The minimum atomic E-state index is -0.392. The topological polar surface area (TPSA) is 46.3 Å².